The number of rotatable bonds is 4. The number of pyridine rings is 1. The van der Waals surface area contributed by atoms with Crippen molar-refractivity contribution >= 4 is 34.6 Å². The number of nitrogens with two attached hydrogens (primary N) is 2. The lowest BCUT2D eigenvalue weighted by Crippen LogP contribution is -2.13. The highest BCUT2D eigenvalue weighted by Crippen LogP contribution is 2.36. The summed E-state index contributed by atoms with van der Waals surface area (Å²) in [6.07, 6.45) is 7.42. The molecule has 0 atom stereocenters. The lowest BCUT2D eigenvalue weighted by molar-refractivity contribution is 0.686. The van der Waals surface area contributed by atoms with Crippen LogP contribution in [0.3, 0.4) is 0 Å². The number of aryl methyl sites for hydroxylation is 1. The summed E-state index contributed by atoms with van der Waals surface area (Å²) >= 11 is 0. The molecule has 0 amide bonds. The van der Waals surface area contributed by atoms with Crippen molar-refractivity contribution in [2.24, 2.45) is 10.7 Å². The zero-order valence-electron chi connectivity index (χ0n) is 15.8. The summed E-state index contributed by atoms with van der Waals surface area (Å²) in [5.74, 6) is 0. The first-order valence-corrected chi connectivity index (χ1v) is 9.18. The second-order valence-corrected chi connectivity index (χ2v) is 7.20. The third kappa shape index (κ3) is 3.21. The number of nitrogens with zero attached hydrogens (tertiary/aromatic N) is 2. The Balaban J connectivity index is 2.36. The second kappa shape index (κ2) is 7.28. The van der Waals surface area contributed by atoms with Crippen molar-refractivity contribution in [3.63, 3.8) is 0 Å². The summed E-state index contributed by atoms with van der Waals surface area (Å²) in [7, 11) is 0. The zero-order chi connectivity index (χ0) is 18.8. The Morgan fingerprint density at radius 3 is 2.54 bits per heavy atom. The van der Waals surface area contributed by atoms with Gasteiger partial charge in [-0.05, 0) is 69.7 Å². The van der Waals surface area contributed by atoms with Gasteiger partial charge in [0.1, 0.15) is 0 Å². The van der Waals surface area contributed by atoms with Crippen LogP contribution in [0.25, 0.3) is 16.5 Å². The number of aliphatic imine (C=N–C) groups is 1. The summed E-state index contributed by atoms with van der Waals surface area (Å²) in [4.78, 5) is 9.49. The standard InChI is InChI=1S/C21H27N5/c1-12(2)25-11-17(13(3)23)21-15-7-5-4-6-14(15)20-16(10-22)18(24)8-9-19(20)26-21/h8-12,22H,4-7,23-24H2,1-3H3/b17-13+,22-10?,25-11?. The van der Waals surface area contributed by atoms with Crippen LogP contribution in [0.15, 0.2) is 22.8 Å². The van der Waals surface area contributed by atoms with E-state index in [-0.39, 0.29) is 6.04 Å². The van der Waals surface area contributed by atoms with Gasteiger partial charge in [-0.15, -0.1) is 0 Å². The van der Waals surface area contributed by atoms with Gasteiger partial charge in [-0.25, -0.2) is 4.98 Å². The molecule has 1 aromatic heterocycles. The topological polar surface area (TPSA) is 101 Å². The van der Waals surface area contributed by atoms with Gasteiger partial charge in [0.05, 0.1) is 11.2 Å². The maximum absolute atomic E-state index is 7.82. The summed E-state index contributed by atoms with van der Waals surface area (Å²) in [5.41, 5.74) is 19.6. The lowest BCUT2D eigenvalue weighted by Gasteiger charge is -2.23. The highest BCUT2D eigenvalue weighted by molar-refractivity contribution is 6.12. The molecule has 5 nitrogen and oxygen atoms in total. The fourth-order valence-electron chi connectivity index (χ4n) is 3.62. The monoisotopic (exact) mass is 349 g/mol. The average molecular weight is 349 g/mol. The minimum Gasteiger partial charge on any atom is -0.402 e. The van der Waals surface area contributed by atoms with Crippen molar-refractivity contribution in [2.45, 2.75) is 52.5 Å². The molecule has 2 aromatic rings. The van der Waals surface area contributed by atoms with E-state index in [9.17, 15) is 0 Å². The predicted octanol–water partition coefficient (Wildman–Crippen LogP) is 3.86. The fraction of sp³-hybridized carbons (Fsp3) is 0.381. The molecule has 1 aliphatic rings. The van der Waals surface area contributed by atoms with Crippen molar-refractivity contribution in [3.05, 3.63) is 40.2 Å². The summed E-state index contributed by atoms with van der Waals surface area (Å²) < 4.78 is 0. The first-order chi connectivity index (χ1) is 12.4. The largest absolute Gasteiger partial charge is 0.402 e. The zero-order valence-corrected chi connectivity index (χ0v) is 15.8. The maximum atomic E-state index is 7.82. The van der Waals surface area contributed by atoms with Crippen LogP contribution < -0.4 is 11.5 Å². The molecule has 1 aliphatic carbocycles. The molecule has 136 valence electrons. The summed E-state index contributed by atoms with van der Waals surface area (Å²) in [6, 6.07) is 3.97. The Kier molecular flexibility index (Phi) is 5.07. The second-order valence-electron chi connectivity index (χ2n) is 7.20. The van der Waals surface area contributed by atoms with Gasteiger partial charge in [-0.1, -0.05) is 0 Å². The summed E-state index contributed by atoms with van der Waals surface area (Å²) in [5, 5.41) is 8.84. The number of hydrogen-bond donors (Lipinski definition) is 3. The van der Waals surface area contributed by atoms with E-state index in [2.05, 4.69) is 4.99 Å². The number of allylic oxidation sites excluding steroid dienone is 2. The molecule has 0 saturated carbocycles. The molecule has 0 aliphatic heterocycles. The van der Waals surface area contributed by atoms with Crippen LogP contribution in [-0.2, 0) is 12.8 Å². The van der Waals surface area contributed by atoms with Crippen LogP contribution in [0.2, 0.25) is 0 Å². The van der Waals surface area contributed by atoms with Crippen LogP contribution in [-0.4, -0.2) is 23.5 Å². The Labute approximate surface area is 154 Å². The number of hydrogen-bond acceptors (Lipinski definition) is 5. The molecule has 0 spiro atoms. The van der Waals surface area contributed by atoms with Gasteiger partial charge in [-0.2, -0.15) is 0 Å². The van der Waals surface area contributed by atoms with E-state index in [1.807, 2.05) is 39.1 Å². The number of nitrogens with one attached hydrogen (secondary N) is 1. The molecule has 0 radical (unpaired) electrons. The molecule has 1 heterocycles. The molecule has 0 saturated heterocycles. The number of fused-ring (bicyclic) bond motifs is 3. The molecule has 3 rings (SSSR count). The summed E-state index contributed by atoms with van der Waals surface area (Å²) in [6.45, 7) is 5.99. The molecule has 0 unspecified atom stereocenters. The minimum absolute atomic E-state index is 0.199. The first kappa shape index (κ1) is 18.1. The van der Waals surface area contributed by atoms with Gasteiger partial charge in [0.25, 0.3) is 0 Å². The third-order valence-corrected chi connectivity index (χ3v) is 4.87. The van der Waals surface area contributed by atoms with E-state index in [0.717, 1.165) is 59.1 Å². The maximum Gasteiger partial charge on any atom is 0.0777 e. The van der Waals surface area contributed by atoms with Crippen LogP contribution in [0.5, 0.6) is 0 Å². The van der Waals surface area contributed by atoms with Gasteiger partial charge in [0.15, 0.2) is 0 Å². The molecule has 26 heavy (non-hydrogen) atoms. The number of benzene rings is 1. The quantitative estimate of drug-likeness (QED) is 0.577. The number of anilines is 1. The third-order valence-electron chi connectivity index (χ3n) is 4.87. The molecule has 1 aromatic carbocycles. The SMILES string of the molecule is C/C(N)=C(/C=NC(C)C)c1nc2ccc(N)c(C=N)c2c2c1CCCC2. The molecule has 0 fully saturated rings. The highest BCUT2D eigenvalue weighted by atomic mass is 14.8. The Bertz CT molecular complexity index is 918. The van der Waals surface area contributed by atoms with Gasteiger partial charge >= 0.3 is 0 Å². The highest BCUT2D eigenvalue weighted by Gasteiger charge is 2.22. The molecular weight excluding hydrogens is 322 g/mol. The van der Waals surface area contributed by atoms with E-state index in [1.54, 1.807) is 0 Å². The van der Waals surface area contributed by atoms with Gasteiger partial charge < -0.3 is 16.9 Å². The van der Waals surface area contributed by atoms with Crippen LogP contribution >= 0.6 is 0 Å². The molecule has 5 N–H and O–H groups in total. The Morgan fingerprint density at radius 1 is 1.23 bits per heavy atom. The first-order valence-electron chi connectivity index (χ1n) is 9.18. The fourth-order valence-corrected chi connectivity index (χ4v) is 3.62. The molecule has 5 heteroatoms. The van der Waals surface area contributed by atoms with E-state index in [1.165, 1.54) is 17.3 Å². The average Bonchev–Trinajstić information content (AvgIpc) is 2.61. The van der Waals surface area contributed by atoms with Gasteiger partial charge in [-0.3, -0.25) is 4.99 Å². The van der Waals surface area contributed by atoms with Crippen LogP contribution in [0, 0.1) is 5.41 Å². The van der Waals surface area contributed by atoms with Crippen molar-refractivity contribution in [1.29, 1.82) is 5.41 Å². The predicted molar refractivity (Wildman–Crippen MR) is 111 cm³/mol. The van der Waals surface area contributed by atoms with Crippen molar-refractivity contribution in [3.8, 4) is 0 Å². The Hall–Kier alpha value is -2.69. The Morgan fingerprint density at radius 2 is 1.92 bits per heavy atom. The number of nitrogen functional groups attached to an aromatic ring is 1. The molecule has 0 bridgehead atoms. The van der Waals surface area contributed by atoms with Crippen LogP contribution in [0.4, 0.5) is 5.69 Å². The van der Waals surface area contributed by atoms with E-state index < -0.39 is 0 Å². The minimum atomic E-state index is 0.199. The lowest BCUT2D eigenvalue weighted by atomic mass is 9.84. The van der Waals surface area contributed by atoms with Crippen molar-refractivity contribution in [2.75, 3.05) is 5.73 Å². The van der Waals surface area contributed by atoms with Crippen molar-refractivity contribution < 1.29 is 0 Å². The van der Waals surface area contributed by atoms with Gasteiger partial charge in [0, 0.05) is 46.4 Å². The van der Waals surface area contributed by atoms with E-state index in [4.69, 9.17) is 21.9 Å². The smallest absolute Gasteiger partial charge is 0.0777 e. The van der Waals surface area contributed by atoms with E-state index >= 15 is 0 Å². The van der Waals surface area contributed by atoms with E-state index in [0.29, 0.717) is 5.69 Å². The van der Waals surface area contributed by atoms with Crippen molar-refractivity contribution in [1.82, 2.24) is 4.98 Å². The normalized spacial score (nSPS) is 15.4. The number of aromatic nitrogens is 1. The van der Waals surface area contributed by atoms with Gasteiger partial charge in [0.2, 0.25) is 0 Å². The van der Waals surface area contributed by atoms with Crippen LogP contribution in [0.1, 0.15) is 56.0 Å². The molecular formula is C21H27N5.